The van der Waals surface area contributed by atoms with E-state index in [9.17, 15) is 0 Å². The summed E-state index contributed by atoms with van der Waals surface area (Å²) in [6.07, 6.45) is 0. The van der Waals surface area contributed by atoms with Gasteiger partial charge in [-0.05, 0) is 5.56 Å². The number of nitrogens with one attached hydrogen (secondary N) is 2. The van der Waals surface area contributed by atoms with Gasteiger partial charge in [0.05, 0.1) is 5.69 Å². The van der Waals surface area contributed by atoms with Crippen molar-refractivity contribution in [2.75, 3.05) is 11.9 Å². The van der Waals surface area contributed by atoms with E-state index in [1.165, 1.54) is 0 Å². The van der Waals surface area contributed by atoms with Crippen molar-refractivity contribution in [1.29, 1.82) is 5.41 Å². The topological polar surface area (TPSA) is 53.7 Å². The van der Waals surface area contributed by atoms with E-state index in [2.05, 4.69) is 27.0 Å². The minimum absolute atomic E-state index is 0.305. The predicted octanol–water partition coefficient (Wildman–Crippen LogP) is 1.46. The molecule has 0 bridgehead atoms. The molecule has 2 aromatic rings. The van der Waals surface area contributed by atoms with Gasteiger partial charge in [0.15, 0.2) is 5.49 Å². The molecule has 4 nitrogen and oxygen atoms in total. The largest absolute Gasteiger partial charge is 0.354 e. The summed E-state index contributed by atoms with van der Waals surface area (Å²) in [6.45, 7) is 1.79. The van der Waals surface area contributed by atoms with Crippen LogP contribution in [0.1, 0.15) is 0 Å². The molecule has 0 spiro atoms. The molecule has 80 valence electrons. The molecule has 16 heavy (non-hydrogen) atoms. The molecule has 1 aromatic heterocycles. The zero-order chi connectivity index (χ0) is 11.0. The molecule has 1 aliphatic heterocycles. The number of aromatic nitrogens is 2. The Balaban J connectivity index is 2.25. The molecule has 0 aliphatic carbocycles. The first kappa shape index (κ1) is 9.15. The van der Waals surface area contributed by atoms with Gasteiger partial charge in [-0.25, -0.2) is 0 Å². The lowest BCUT2D eigenvalue weighted by atomic mass is 10.1. The zero-order valence-corrected chi connectivity index (χ0v) is 8.77. The molecule has 3 rings (SSSR count). The van der Waals surface area contributed by atoms with E-state index in [0.29, 0.717) is 5.49 Å². The molecule has 0 saturated heterocycles. The van der Waals surface area contributed by atoms with Crippen molar-refractivity contribution in [3.63, 3.8) is 0 Å². The van der Waals surface area contributed by atoms with Crippen molar-refractivity contribution in [3.8, 4) is 11.3 Å². The van der Waals surface area contributed by atoms with Crippen molar-refractivity contribution in [2.45, 2.75) is 6.54 Å². The quantitative estimate of drug-likeness (QED) is 0.751. The first-order valence-electron chi connectivity index (χ1n) is 5.30. The van der Waals surface area contributed by atoms with E-state index < -0.39 is 0 Å². The summed E-state index contributed by atoms with van der Waals surface area (Å²) in [5.74, 6) is 0.798. The second-order valence-corrected chi connectivity index (χ2v) is 3.79. The summed E-state index contributed by atoms with van der Waals surface area (Å²) < 4.78 is 2.12. The predicted molar refractivity (Wildman–Crippen MR) is 62.0 cm³/mol. The lowest BCUT2D eigenvalue weighted by molar-refractivity contribution is 0.792. The normalized spacial score (nSPS) is 13.2. The Labute approximate surface area is 93.1 Å². The third-order valence-electron chi connectivity index (χ3n) is 2.73. The highest BCUT2D eigenvalue weighted by Gasteiger charge is 2.14. The molecule has 1 aromatic carbocycles. The van der Waals surface area contributed by atoms with Gasteiger partial charge >= 0.3 is 0 Å². The number of benzene rings is 1. The van der Waals surface area contributed by atoms with Crippen LogP contribution in [-0.4, -0.2) is 16.1 Å². The Morgan fingerprint density at radius 1 is 1.25 bits per heavy atom. The van der Waals surface area contributed by atoms with Crippen LogP contribution < -0.4 is 10.8 Å². The van der Waals surface area contributed by atoms with Gasteiger partial charge in [-0.15, -0.1) is 0 Å². The Morgan fingerprint density at radius 3 is 2.88 bits per heavy atom. The smallest absolute Gasteiger partial charge is 0.205 e. The van der Waals surface area contributed by atoms with E-state index in [4.69, 9.17) is 5.41 Å². The molecule has 1 aliphatic rings. The fourth-order valence-electron chi connectivity index (χ4n) is 2.02. The van der Waals surface area contributed by atoms with Gasteiger partial charge in [0.1, 0.15) is 0 Å². The van der Waals surface area contributed by atoms with Crippen LogP contribution in [0.3, 0.4) is 0 Å². The summed E-state index contributed by atoms with van der Waals surface area (Å²) in [7, 11) is 0. The van der Waals surface area contributed by atoms with Crippen LogP contribution in [0, 0.1) is 5.41 Å². The van der Waals surface area contributed by atoms with Crippen LogP contribution in [0.2, 0.25) is 0 Å². The second kappa shape index (κ2) is 3.48. The molecule has 0 saturated carbocycles. The number of anilines is 1. The maximum Gasteiger partial charge on any atom is 0.205 e. The van der Waals surface area contributed by atoms with E-state index in [1.54, 1.807) is 0 Å². The van der Waals surface area contributed by atoms with Crippen molar-refractivity contribution in [1.82, 2.24) is 9.55 Å². The third kappa shape index (κ3) is 1.39. The molecule has 0 amide bonds. The molecule has 2 N–H and O–H groups in total. The monoisotopic (exact) mass is 212 g/mol. The average Bonchev–Trinajstić information content (AvgIpc) is 2.77. The van der Waals surface area contributed by atoms with E-state index >= 15 is 0 Å². The van der Waals surface area contributed by atoms with Crippen LogP contribution in [-0.2, 0) is 6.54 Å². The van der Waals surface area contributed by atoms with Crippen LogP contribution in [0.5, 0.6) is 0 Å². The molecular weight excluding hydrogens is 200 g/mol. The van der Waals surface area contributed by atoms with Gasteiger partial charge in [0.25, 0.3) is 0 Å². The zero-order valence-electron chi connectivity index (χ0n) is 8.77. The molecule has 0 radical (unpaired) electrons. The Hall–Kier alpha value is -2.10. The second-order valence-electron chi connectivity index (χ2n) is 3.79. The molecule has 2 heterocycles. The van der Waals surface area contributed by atoms with E-state index in [1.807, 2.05) is 24.3 Å². The molecule has 0 fully saturated rings. The lowest BCUT2D eigenvalue weighted by Gasteiger charge is -2.10. The Morgan fingerprint density at radius 2 is 2.06 bits per heavy atom. The number of fused-ring (bicyclic) bond motifs is 1. The third-order valence-corrected chi connectivity index (χ3v) is 2.73. The molecule has 4 heteroatoms. The van der Waals surface area contributed by atoms with Gasteiger partial charge in [-0.3, -0.25) is 5.41 Å². The van der Waals surface area contributed by atoms with Gasteiger partial charge in [0, 0.05) is 19.2 Å². The summed E-state index contributed by atoms with van der Waals surface area (Å²) in [5.41, 5.74) is 2.49. The van der Waals surface area contributed by atoms with E-state index in [-0.39, 0.29) is 0 Å². The van der Waals surface area contributed by atoms with Gasteiger partial charge in [0.2, 0.25) is 5.95 Å². The highest BCUT2D eigenvalue weighted by atomic mass is 15.2. The molecule has 0 unspecified atom stereocenters. The highest BCUT2D eigenvalue weighted by molar-refractivity contribution is 5.61. The maximum absolute atomic E-state index is 7.69. The lowest BCUT2D eigenvalue weighted by Crippen LogP contribution is -2.12. The van der Waals surface area contributed by atoms with Crippen LogP contribution in [0.4, 0.5) is 5.95 Å². The Bertz CT molecular complexity index is 571. The van der Waals surface area contributed by atoms with Crippen molar-refractivity contribution < 1.29 is 0 Å². The number of hydrogen-bond acceptors (Lipinski definition) is 3. The minimum atomic E-state index is 0.305. The highest BCUT2D eigenvalue weighted by Crippen LogP contribution is 2.22. The van der Waals surface area contributed by atoms with Gasteiger partial charge in [-0.1, -0.05) is 30.3 Å². The number of hydrogen-bond donors (Lipinski definition) is 2. The summed E-state index contributed by atoms with van der Waals surface area (Å²) in [6, 6.07) is 11.9. The minimum Gasteiger partial charge on any atom is -0.354 e. The standard InChI is InChI=1S/C12H12N4/c13-11-8-10(9-4-2-1-3-5-9)16-7-6-14-12(16)15-11/h1-5,8H,6-7H2,(H2,13,14,15). The Kier molecular flexibility index (Phi) is 1.99. The molecular formula is C12H12N4. The van der Waals surface area contributed by atoms with Crippen molar-refractivity contribution in [2.24, 2.45) is 0 Å². The van der Waals surface area contributed by atoms with Crippen LogP contribution in [0.25, 0.3) is 11.3 Å². The summed E-state index contributed by atoms with van der Waals surface area (Å²) in [4.78, 5) is 4.16. The SMILES string of the molecule is N=c1cc(-c2ccccc2)n2c(n1)NCC2. The summed E-state index contributed by atoms with van der Waals surface area (Å²) in [5, 5.41) is 10.9. The molecule has 0 atom stereocenters. The van der Waals surface area contributed by atoms with Crippen LogP contribution >= 0.6 is 0 Å². The average molecular weight is 212 g/mol. The maximum atomic E-state index is 7.69. The summed E-state index contributed by atoms with van der Waals surface area (Å²) >= 11 is 0. The van der Waals surface area contributed by atoms with Gasteiger partial charge < -0.3 is 9.88 Å². The van der Waals surface area contributed by atoms with Crippen molar-refractivity contribution in [3.05, 3.63) is 41.9 Å². The van der Waals surface area contributed by atoms with E-state index in [0.717, 1.165) is 30.3 Å². The van der Waals surface area contributed by atoms with Crippen LogP contribution in [0.15, 0.2) is 36.4 Å². The number of rotatable bonds is 1. The fraction of sp³-hybridized carbons (Fsp3) is 0.167. The fourth-order valence-corrected chi connectivity index (χ4v) is 2.02. The first-order valence-corrected chi connectivity index (χ1v) is 5.30. The van der Waals surface area contributed by atoms with Gasteiger partial charge in [-0.2, -0.15) is 4.98 Å². The van der Waals surface area contributed by atoms with Crippen molar-refractivity contribution >= 4 is 5.95 Å². The first-order chi connectivity index (χ1) is 7.84. The number of nitrogens with zero attached hydrogens (tertiary/aromatic N) is 2.